The van der Waals surface area contributed by atoms with Crippen LogP contribution in [-0.2, 0) is 27.9 Å². The molecule has 0 saturated heterocycles. The second-order valence-corrected chi connectivity index (χ2v) is 24.7. The molecule has 0 radical (unpaired) electrons. The molecule has 3 unspecified atom stereocenters. The Balaban J connectivity index is 5.27. The van der Waals surface area contributed by atoms with Crippen molar-refractivity contribution >= 4 is 19.7 Å². The molecule has 450 valence electrons. The lowest BCUT2D eigenvalue weighted by molar-refractivity contribution is -0.870. The number of phosphoric ester groups is 1. The second-order valence-electron chi connectivity index (χ2n) is 23.3. The van der Waals surface area contributed by atoms with Crippen LogP contribution in [0.1, 0.15) is 303 Å². The molecule has 9 nitrogen and oxygen atoms in total. The van der Waals surface area contributed by atoms with E-state index in [-0.39, 0.29) is 31.3 Å². The summed E-state index contributed by atoms with van der Waals surface area (Å²) >= 11 is 0. The fourth-order valence-corrected chi connectivity index (χ4v) is 10.1. The third kappa shape index (κ3) is 58.2. The SMILES string of the molecule is CCCCC/C=C\C/C=C\C/C=C\C/C=C\CCCC(=O)NC(COP(=O)([O-])OCC[N+](C)(C)C)C(/C=C/CCCCCCCCCCCCC)OC(=O)CCCCCCCCCCCCCCCCCCCCCCC. The summed E-state index contributed by atoms with van der Waals surface area (Å²) in [5.74, 6) is -0.596. The Kier molecular flexibility index (Phi) is 55.3. The lowest BCUT2D eigenvalue weighted by atomic mass is 10.0. The molecule has 0 aromatic carbocycles. The van der Waals surface area contributed by atoms with Crippen LogP contribution in [0.15, 0.2) is 60.8 Å². The number of carbonyl (C=O) groups excluding carboxylic acids is 2. The maximum Gasteiger partial charge on any atom is 0.306 e. The first-order valence-electron chi connectivity index (χ1n) is 32.6. The number of carbonyl (C=O) groups is 2. The van der Waals surface area contributed by atoms with Crippen LogP contribution in [-0.4, -0.2) is 69.4 Å². The molecule has 0 fully saturated rings. The van der Waals surface area contributed by atoms with Crippen molar-refractivity contribution in [2.45, 2.75) is 315 Å². The quantitative estimate of drug-likeness (QED) is 0.0212. The molecular weight excluding hydrogens is 976 g/mol. The molecule has 0 aromatic heterocycles. The Bertz CT molecular complexity index is 1500. The molecule has 1 N–H and O–H groups in total. The van der Waals surface area contributed by atoms with Gasteiger partial charge in [0.25, 0.3) is 7.82 Å². The van der Waals surface area contributed by atoms with E-state index >= 15 is 0 Å². The van der Waals surface area contributed by atoms with Gasteiger partial charge in [-0.1, -0.05) is 281 Å². The average Bonchev–Trinajstić information content (AvgIpc) is 3.39. The highest BCUT2D eigenvalue weighted by Crippen LogP contribution is 2.38. The Hall–Kier alpha value is -2.29. The lowest BCUT2D eigenvalue weighted by Gasteiger charge is -2.30. The summed E-state index contributed by atoms with van der Waals surface area (Å²) in [5, 5.41) is 3.00. The van der Waals surface area contributed by atoms with Gasteiger partial charge in [-0.2, -0.15) is 0 Å². The molecule has 0 aliphatic rings. The van der Waals surface area contributed by atoms with Crippen LogP contribution >= 0.6 is 7.82 Å². The van der Waals surface area contributed by atoms with E-state index in [1.807, 2.05) is 33.3 Å². The summed E-state index contributed by atoms with van der Waals surface area (Å²) in [4.78, 5) is 40.0. The van der Waals surface area contributed by atoms with Gasteiger partial charge >= 0.3 is 5.97 Å². The van der Waals surface area contributed by atoms with Crippen molar-refractivity contribution in [1.82, 2.24) is 5.32 Å². The van der Waals surface area contributed by atoms with Crippen LogP contribution in [0.5, 0.6) is 0 Å². The first-order chi connectivity index (χ1) is 37.4. The summed E-state index contributed by atoms with van der Waals surface area (Å²) in [6, 6.07) is -0.916. The third-order valence-corrected chi connectivity index (χ3v) is 15.4. The number of quaternary nitrogens is 1. The lowest BCUT2D eigenvalue weighted by Crippen LogP contribution is -2.47. The number of esters is 1. The van der Waals surface area contributed by atoms with Gasteiger partial charge in [0, 0.05) is 12.8 Å². The first kappa shape index (κ1) is 74.7. The van der Waals surface area contributed by atoms with Gasteiger partial charge in [0.15, 0.2) is 0 Å². The van der Waals surface area contributed by atoms with Crippen molar-refractivity contribution in [2.24, 2.45) is 0 Å². The van der Waals surface area contributed by atoms with Crippen molar-refractivity contribution in [3.05, 3.63) is 60.8 Å². The van der Waals surface area contributed by atoms with Gasteiger partial charge < -0.3 is 28.5 Å². The number of amides is 1. The number of rotatable bonds is 59. The van der Waals surface area contributed by atoms with Gasteiger partial charge in [0.05, 0.1) is 33.8 Å². The number of unbranched alkanes of at least 4 members (excludes halogenated alkanes) is 35. The Morgan fingerprint density at radius 2 is 0.805 bits per heavy atom. The molecule has 0 aliphatic carbocycles. The summed E-state index contributed by atoms with van der Waals surface area (Å²) in [5.41, 5.74) is 0. The van der Waals surface area contributed by atoms with E-state index in [0.29, 0.717) is 17.4 Å². The number of phosphoric acid groups is 1. The van der Waals surface area contributed by atoms with Crippen LogP contribution in [0.25, 0.3) is 0 Å². The van der Waals surface area contributed by atoms with Crippen molar-refractivity contribution in [3.63, 3.8) is 0 Å². The predicted octanol–water partition coefficient (Wildman–Crippen LogP) is 19.6. The van der Waals surface area contributed by atoms with E-state index in [2.05, 4.69) is 74.7 Å². The molecule has 1 amide bonds. The minimum atomic E-state index is -4.71. The largest absolute Gasteiger partial charge is 0.756 e. The average molecular weight is 1100 g/mol. The summed E-state index contributed by atoms with van der Waals surface area (Å²) in [6.07, 6.45) is 72.0. The van der Waals surface area contributed by atoms with E-state index in [0.717, 1.165) is 64.2 Å². The van der Waals surface area contributed by atoms with Gasteiger partial charge in [0.1, 0.15) is 19.3 Å². The first-order valence-corrected chi connectivity index (χ1v) is 34.1. The third-order valence-electron chi connectivity index (χ3n) is 14.5. The summed E-state index contributed by atoms with van der Waals surface area (Å²) < 4.78 is 30.3. The fourth-order valence-electron chi connectivity index (χ4n) is 9.40. The number of nitrogens with one attached hydrogen (secondary N) is 1. The zero-order valence-electron chi connectivity index (χ0n) is 51.4. The molecule has 10 heteroatoms. The van der Waals surface area contributed by atoms with Gasteiger partial charge in [-0.05, 0) is 70.3 Å². The van der Waals surface area contributed by atoms with Crippen LogP contribution in [0.2, 0.25) is 0 Å². The molecule has 0 heterocycles. The number of hydrogen-bond acceptors (Lipinski definition) is 7. The molecule has 0 aliphatic heterocycles. The molecular formula is C67H125N2O7P. The topological polar surface area (TPSA) is 114 Å². The van der Waals surface area contributed by atoms with Crippen molar-refractivity contribution < 1.29 is 37.3 Å². The second kappa shape index (κ2) is 57.0. The molecule has 0 aromatic rings. The molecule has 0 bridgehead atoms. The minimum absolute atomic E-state index is 0.0322. The molecule has 0 saturated carbocycles. The number of nitrogens with zero attached hydrogens (tertiary/aromatic N) is 1. The number of likely N-dealkylation sites (N-methyl/N-ethyl adjacent to an activating group) is 1. The van der Waals surface area contributed by atoms with Gasteiger partial charge in [0.2, 0.25) is 5.91 Å². The molecule has 0 rings (SSSR count). The number of hydrogen-bond donors (Lipinski definition) is 1. The number of ether oxygens (including phenoxy) is 1. The maximum atomic E-state index is 13.5. The highest BCUT2D eigenvalue weighted by Gasteiger charge is 2.27. The Labute approximate surface area is 477 Å². The molecule has 77 heavy (non-hydrogen) atoms. The molecule has 0 spiro atoms. The summed E-state index contributed by atoms with van der Waals surface area (Å²) in [6.45, 7) is 6.81. The minimum Gasteiger partial charge on any atom is -0.756 e. The van der Waals surface area contributed by atoms with Crippen molar-refractivity contribution in [3.8, 4) is 0 Å². The van der Waals surface area contributed by atoms with Crippen molar-refractivity contribution in [1.29, 1.82) is 0 Å². The fraction of sp³-hybridized carbons (Fsp3) is 0.821. The Morgan fingerprint density at radius 3 is 1.23 bits per heavy atom. The van der Waals surface area contributed by atoms with E-state index in [4.69, 9.17) is 13.8 Å². The van der Waals surface area contributed by atoms with Gasteiger partial charge in [-0.15, -0.1) is 0 Å². The zero-order chi connectivity index (χ0) is 56.4. The monoisotopic (exact) mass is 1100 g/mol. The van der Waals surface area contributed by atoms with Crippen LogP contribution in [0, 0.1) is 0 Å². The van der Waals surface area contributed by atoms with Crippen LogP contribution in [0.4, 0.5) is 0 Å². The Morgan fingerprint density at radius 1 is 0.455 bits per heavy atom. The van der Waals surface area contributed by atoms with Crippen LogP contribution in [0.3, 0.4) is 0 Å². The van der Waals surface area contributed by atoms with Gasteiger partial charge in [-0.25, -0.2) is 0 Å². The predicted molar refractivity (Wildman–Crippen MR) is 330 cm³/mol. The summed E-state index contributed by atoms with van der Waals surface area (Å²) in [7, 11) is 1.16. The van der Waals surface area contributed by atoms with Crippen LogP contribution < -0.4 is 10.2 Å². The number of allylic oxidation sites excluding steroid dienone is 9. The standard InChI is InChI=1S/C67H125N2O7P/c1-7-10-13-16-19-22-25-28-30-32-33-34-35-37-39-42-45-48-51-54-57-60-67(71)76-65(58-55-52-49-46-43-40-27-24-21-18-15-12-9-3)64(63-75-77(72,73)74-62-61-69(4,5)6)68-66(70)59-56-53-50-47-44-41-38-36-31-29-26-23-20-17-14-11-8-2/h20,23,29,31,38,41,47,50,55,58,64-65H,7-19,21-22,24-28,30,32-37,39-40,42-46,48-49,51-54,56-57,59-63H2,1-6H3,(H-,68,70,72,73)/b23-20-,31-29-,41-38-,50-47-,58-55+. The maximum absolute atomic E-state index is 13.5. The van der Waals surface area contributed by atoms with E-state index < -0.39 is 26.6 Å². The highest BCUT2D eigenvalue weighted by atomic mass is 31.2. The normalized spacial score (nSPS) is 14.0. The van der Waals surface area contributed by atoms with Gasteiger partial charge in [-0.3, -0.25) is 14.2 Å². The zero-order valence-corrected chi connectivity index (χ0v) is 52.3. The van der Waals surface area contributed by atoms with E-state index in [1.165, 1.54) is 199 Å². The highest BCUT2D eigenvalue weighted by molar-refractivity contribution is 7.45. The smallest absolute Gasteiger partial charge is 0.306 e. The van der Waals surface area contributed by atoms with Crippen molar-refractivity contribution in [2.75, 3.05) is 40.9 Å². The molecule has 3 atom stereocenters. The van der Waals surface area contributed by atoms with E-state index in [1.54, 1.807) is 0 Å². The van der Waals surface area contributed by atoms with E-state index in [9.17, 15) is 19.0 Å².